The van der Waals surface area contributed by atoms with Crippen molar-refractivity contribution in [2.24, 2.45) is 0 Å². The summed E-state index contributed by atoms with van der Waals surface area (Å²) in [4.78, 5) is 4.77. The van der Waals surface area contributed by atoms with Crippen LogP contribution >= 0.6 is 12.2 Å². The molecule has 2 aliphatic rings. The summed E-state index contributed by atoms with van der Waals surface area (Å²) >= 11 is 5.83. The number of methoxy groups -OCH3 is 1. The van der Waals surface area contributed by atoms with Gasteiger partial charge in [0.05, 0.1) is 7.11 Å². The molecule has 5 heteroatoms. The van der Waals surface area contributed by atoms with Gasteiger partial charge in [0, 0.05) is 29.9 Å². The summed E-state index contributed by atoms with van der Waals surface area (Å²) in [5.41, 5.74) is 4.99. The Morgan fingerprint density at radius 2 is 1.96 bits per heavy atom. The van der Waals surface area contributed by atoms with E-state index in [0.29, 0.717) is 12.0 Å². The van der Waals surface area contributed by atoms with Crippen LogP contribution in [0.3, 0.4) is 0 Å². The summed E-state index contributed by atoms with van der Waals surface area (Å²) in [5, 5.41) is 4.20. The zero-order valence-electron chi connectivity index (χ0n) is 15.5. The smallest absolute Gasteiger partial charge is 0.178 e. The van der Waals surface area contributed by atoms with E-state index in [2.05, 4.69) is 47.3 Å². The molecule has 4 rings (SSSR count). The van der Waals surface area contributed by atoms with Crippen molar-refractivity contribution in [3.8, 4) is 5.75 Å². The van der Waals surface area contributed by atoms with Crippen LogP contribution in [0.25, 0.3) is 0 Å². The lowest BCUT2D eigenvalue weighted by Gasteiger charge is -2.37. The van der Waals surface area contributed by atoms with Gasteiger partial charge in [-0.15, -0.1) is 0 Å². The first-order valence-corrected chi connectivity index (χ1v) is 9.51. The molecule has 0 saturated carbocycles. The second-order valence-corrected chi connectivity index (χ2v) is 7.70. The third-order valence-corrected chi connectivity index (χ3v) is 5.81. The van der Waals surface area contributed by atoms with Crippen LogP contribution in [0.1, 0.15) is 23.5 Å². The monoisotopic (exact) mass is 367 g/mol. The topological polar surface area (TPSA) is 27.7 Å². The molecule has 2 heterocycles. The lowest BCUT2D eigenvalue weighted by molar-refractivity contribution is 0.237. The van der Waals surface area contributed by atoms with Crippen molar-refractivity contribution < 1.29 is 4.74 Å². The molecule has 0 aromatic heterocycles. The Balaban J connectivity index is 1.63. The van der Waals surface area contributed by atoms with Gasteiger partial charge < -0.3 is 19.9 Å². The van der Waals surface area contributed by atoms with E-state index in [4.69, 9.17) is 17.0 Å². The quantitative estimate of drug-likeness (QED) is 0.810. The number of likely N-dealkylation sites (tertiary alicyclic amines) is 1. The number of aryl methyl sites for hydroxylation is 1. The van der Waals surface area contributed by atoms with Gasteiger partial charge in [-0.3, -0.25) is 0 Å². The Morgan fingerprint density at radius 1 is 1.19 bits per heavy atom. The van der Waals surface area contributed by atoms with Crippen LogP contribution in [0.2, 0.25) is 0 Å². The van der Waals surface area contributed by atoms with Crippen molar-refractivity contribution in [2.75, 3.05) is 37.5 Å². The predicted octanol–water partition coefficient (Wildman–Crippen LogP) is 4.01. The van der Waals surface area contributed by atoms with Crippen molar-refractivity contribution in [2.45, 2.75) is 25.3 Å². The number of rotatable bonds is 2. The van der Waals surface area contributed by atoms with E-state index in [-0.39, 0.29) is 0 Å². The highest BCUT2D eigenvalue weighted by Gasteiger charge is 2.42. The van der Waals surface area contributed by atoms with Gasteiger partial charge in [0.15, 0.2) is 5.11 Å². The van der Waals surface area contributed by atoms with Gasteiger partial charge in [-0.1, -0.05) is 17.7 Å². The fourth-order valence-electron chi connectivity index (χ4n) is 4.20. The molecule has 0 amide bonds. The first-order chi connectivity index (χ1) is 12.6. The van der Waals surface area contributed by atoms with E-state index < -0.39 is 0 Å². The van der Waals surface area contributed by atoms with Crippen LogP contribution in [0.5, 0.6) is 5.75 Å². The van der Waals surface area contributed by atoms with Gasteiger partial charge in [-0.2, -0.15) is 0 Å². The number of nitrogens with one attached hydrogen (secondary N) is 1. The molecular weight excluding hydrogens is 342 g/mol. The second-order valence-electron chi connectivity index (χ2n) is 7.32. The predicted molar refractivity (Wildman–Crippen MR) is 112 cm³/mol. The standard InChI is InChI=1S/C21H25N3OS/c1-14-4-9-19-17(12-14)18-13-23(2)11-10-20(18)24(19)21(26)22-15-5-7-16(25-3)8-6-15/h4-9,12,18,20H,10-11,13H2,1-3H3,(H,22,26). The van der Waals surface area contributed by atoms with Gasteiger partial charge in [-0.05, 0) is 75.1 Å². The van der Waals surface area contributed by atoms with Crippen molar-refractivity contribution >= 4 is 28.7 Å². The molecule has 136 valence electrons. The average molecular weight is 368 g/mol. The number of hydrogen-bond acceptors (Lipinski definition) is 3. The zero-order chi connectivity index (χ0) is 18.3. The van der Waals surface area contributed by atoms with Crippen molar-refractivity contribution in [3.05, 3.63) is 53.6 Å². The molecule has 1 saturated heterocycles. The van der Waals surface area contributed by atoms with E-state index >= 15 is 0 Å². The van der Waals surface area contributed by atoms with Crippen LogP contribution in [-0.2, 0) is 0 Å². The van der Waals surface area contributed by atoms with E-state index in [1.807, 2.05) is 24.3 Å². The number of hydrogen-bond donors (Lipinski definition) is 1. The molecule has 0 radical (unpaired) electrons. The minimum Gasteiger partial charge on any atom is -0.497 e. The maximum atomic E-state index is 5.83. The minimum atomic E-state index is 0.432. The summed E-state index contributed by atoms with van der Waals surface area (Å²) in [6.45, 7) is 4.36. The molecule has 2 aromatic carbocycles. The summed E-state index contributed by atoms with van der Waals surface area (Å²) in [6, 6.07) is 15.1. The number of anilines is 2. The molecule has 0 spiro atoms. The van der Waals surface area contributed by atoms with Crippen LogP contribution in [0, 0.1) is 6.92 Å². The highest BCUT2D eigenvalue weighted by molar-refractivity contribution is 7.80. The Labute approximate surface area is 160 Å². The summed E-state index contributed by atoms with van der Waals surface area (Å²) in [6.07, 6.45) is 1.12. The Kier molecular flexibility index (Phi) is 4.59. The molecule has 26 heavy (non-hydrogen) atoms. The molecule has 1 N–H and O–H groups in total. The first-order valence-electron chi connectivity index (χ1n) is 9.10. The van der Waals surface area contributed by atoms with Gasteiger partial charge in [0.1, 0.15) is 5.75 Å². The highest BCUT2D eigenvalue weighted by Crippen LogP contribution is 2.45. The van der Waals surface area contributed by atoms with Crippen LogP contribution in [-0.4, -0.2) is 43.3 Å². The number of ether oxygens (including phenoxy) is 1. The number of piperidine rings is 1. The number of thiocarbonyl (C=S) groups is 1. The Bertz CT molecular complexity index is 821. The van der Waals surface area contributed by atoms with E-state index in [1.54, 1.807) is 7.11 Å². The number of fused-ring (bicyclic) bond motifs is 3. The van der Waals surface area contributed by atoms with Gasteiger partial charge in [0.25, 0.3) is 0 Å². The molecule has 4 nitrogen and oxygen atoms in total. The maximum absolute atomic E-state index is 5.83. The van der Waals surface area contributed by atoms with E-state index in [0.717, 1.165) is 36.1 Å². The lowest BCUT2D eigenvalue weighted by Crippen LogP contribution is -2.48. The summed E-state index contributed by atoms with van der Waals surface area (Å²) in [7, 11) is 3.89. The van der Waals surface area contributed by atoms with Crippen molar-refractivity contribution in [3.63, 3.8) is 0 Å². The fraction of sp³-hybridized carbons (Fsp3) is 0.381. The van der Waals surface area contributed by atoms with Gasteiger partial charge in [0.2, 0.25) is 0 Å². The number of nitrogens with zero attached hydrogens (tertiary/aromatic N) is 2. The highest BCUT2D eigenvalue weighted by atomic mass is 32.1. The Morgan fingerprint density at radius 3 is 2.69 bits per heavy atom. The first kappa shape index (κ1) is 17.3. The fourth-order valence-corrected chi connectivity index (χ4v) is 4.56. The lowest BCUT2D eigenvalue weighted by atomic mass is 9.89. The van der Waals surface area contributed by atoms with Gasteiger partial charge in [-0.25, -0.2) is 0 Å². The molecular formula is C21H25N3OS. The minimum absolute atomic E-state index is 0.432. The molecule has 0 bridgehead atoms. The molecule has 2 aliphatic heterocycles. The van der Waals surface area contributed by atoms with E-state index in [9.17, 15) is 0 Å². The second kappa shape index (κ2) is 6.89. The summed E-state index contributed by atoms with van der Waals surface area (Å²) < 4.78 is 5.24. The third kappa shape index (κ3) is 3.06. The summed E-state index contributed by atoms with van der Waals surface area (Å²) in [5.74, 6) is 1.36. The largest absolute Gasteiger partial charge is 0.497 e. The molecule has 0 aliphatic carbocycles. The van der Waals surface area contributed by atoms with E-state index in [1.165, 1.54) is 16.8 Å². The van der Waals surface area contributed by atoms with Crippen molar-refractivity contribution in [1.29, 1.82) is 0 Å². The third-order valence-electron chi connectivity index (χ3n) is 5.51. The molecule has 2 atom stereocenters. The molecule has 2 unspecified atom stereocenters. The molecule has 2 aromatic rings. The van der Waals surface area contributed by atoms with Gasteiger partial charge >= 0.3 is 0 Å². The maximum Gasteiger partial charge on any atom is 0.178 e. The van der Waals surface area contributed by atoms with Crippen LogP contribution in [0.4, 0.5) is 11.4 Å². The normalized spacial score (nSPS) is 21.9. The van der Waals surface area contributed by atoms with Crippen LogP contribution < -0.4 is 15.0 Å². The number of benzene rings is 2. The zero-order valence-corrected chi connectivity index (χ0v) is 16.3. The SMILES string of the molecule is COc1ccc(NC(=S)N2c3ccc(C)cc3C3CN(C)CCC32)cc1. The average Bonchev–Trinajstić information content (AvgIpc) is 2.95. The number of likely N-dealkylation sites (N-methyl/N-ethyl adjacent to an activating group) is 1. The van der Waals surface area contributed by atoms with Crippen molar-refractivity contribution in [1.82, 2.24) is 4.90 Å². The van der Waals surface area contributed by atoms with Crippen LogP contribution in [0.15, 0.2) is 42.5 Å². The molecule has 1 fully saturated rings. The Hall–Kier alpha value is -2.11.